The van der Waals surface area contributed by atoms with Gasteiger partial charge in [0.1, 0.15) is 6.04 Å². The number of carbonyl (C=O) groups is 6. The number of amides is 6. The summed E-state index contributed by atoms with van der Waals surface area (Å²) in [6, 6.07) is 8.15. The Kier molecular flexibility index (Phi) is 13.4. The second kappa shape index (κ2) is 18.1. The number of likely N-dealkylation sites (tertiary alicyclic amines) is 1. The van der Waals surface area contributed by atoms with E-state index in [1.165, 1.54) is 9.91 Å². The highest BCUT2D eigenvalue weighted by Crippen LogP contribution is 2.27. The molecule has 1 fully saturated rings. The summed E-state index contributed by atoms with van der Waals surface area (Å²) in [5.74, 6) is -1.85. The van der Waals surface area contributed by atoms with E-state index in [0.717, 1.165) is 34.2 Å². The van der Waals surface area contributed by atoms with Crippen LogP contribution in [0.4, 0.5) is 10.5 Å². The number of aromatic nitrogens is 1. The largest absolute Gasteiger partial charge is 0.480 e. The summed E-state index contributed by atoms with van der Waals surface area (Å²) in [4.78, 5) is 80.7. The molecule has 1 aromatic heterocycles. The van der Waals surface area contributed by atoms with Crippen molar-refractivity contribution in [3.63, 3.8) is 0 Å². The Morgan fingerprint density at radius 1 is 0.962 bits per heavy atom. The van der Waals surface area contributed by atoms with Crippen LogP contribution in [0.15, 0.2) is 47.8 Å². The summed E-state index contributed by atoms with van der Waals surface area (Å²) >= 11 is 1.10. The molecule has 1 aromatic carbocycles. The van der Waals surface area contributed by atoms with Crippen LogP contribution in [0.2, 0.25) is 0 Å². The van der Waals surface area contributed by atoms with Crippen molar-refractivity contribution in [2.24, 2.45) is 16.8 Å². The first-order chi connectivity index (χ1) is 25.0. The van der Waals surface area contributed by atoms with Crippen molar-refractivity contribution in [1.82, 2.24) is 25.1 Å². The smallest absolute Gasteiger partial charge is 0.322 e. The highest BCUT2D eigenvalue weighted by atomic mass is 32.2. The lowest BCUT2D eigenvalue weighted by molar-refractivity contribution is -0.139. The maximum absolute atomic E-state index is 12.8. The molecule has 3 aliphatic rings. The first-order valence-corrected chi connectivity index (χ1v) is 18.7. The number of aliphatic carboxylic acids is 1. The van der Waals surface area contributed by atoms with Crippen LogP contribution in [0.5, 0.6) is 0 Å². The minimum atomic E-state index is -1.15. The molecule has 52 heavy (non-hydrogen) atoms. The number of carboxylic acid groups (broad SMARTS) is 1. The first-order valence-electron chi connectivity index (χ1n) is 17.7. The number of rotatable bonds is 17. The summed E-state index contributed by atoms with van der Waals surface area (Å²) in [7, 11) is 0. The van der Waals surface area contributed by atoms with Crippen LogP contribution < -0.4 is 16.4 Å². The molecule has 5 N–H and O–H groups in total. The minimum Gasteiger partial charge on any atom is -0.480 e. The van der Waals surface area contributed by atoms with Crippen LogP contribution in [0.25, 0.3) is 0 Å². The number of nitrogens with one attached hydrogen (secondary N) is 2. The van der Waals surface area contributed by atoms with Crippen LogP contribution in [-0.2, 0) is 37.1 Å². The fourth-order valence-corrected chi connectivity index (χ4v) is 7.41. The molecule has 6 amide bonds. The molecular weight excluding hydrogens is 689 g/mol. The molecule has 5 rings (SSSR count). The summed E-state index contributed by atoms with van der Waals surface area (Å²) < 4.78 is 0. The van der Waals surface area contributed by atoms with Crippen molar-refractivity contribution < 1.29 is 33.9 Å². The van der Waals surface area contributed by atoms with E-state index >= 15 is 0 Å². The summed E-state index contributed by atoms with van der Waals surface area (Å²) in [5.41, 5.74) is 10.0. The zero-order valence-electron chi connectivity index (χ0n) is 29.3. The van der Waals surface area contributed by atoms with Crippen molar-refractivity contribution in [2.45, 2.75) is 82.7 Å². The Labute approximate surface area is 306 Å². The van der Waals surface area contributed by atoms with Gasteiger partial charge in [0.15, 0.2) is 0 Å². The first kappa shape index (κ1) is 38.4. The Morgan fingerprint density at radius 2 is 1.71 bits per heavy atom. The monoisotopic (exact) mass is 734 g/mol. The number of hydrazone groups is 1. The van der Waals surface area contributed by atoms with E-state index in [4.69, 9.17) is 10.8 Å². The topological polar surface area (TPSA) is 208 Å². The third-order valence-corrected chi connectivity index (χ3v) is 10.6. The van der Waals surface area contributed by atoms with Gasteiger partial charge in [-0.15, -0.1) is 11.8 Å². The molecule has 1 saturated heterocycles. The van der Waals surface area contributed by atoms with E-state index in [9.17, 15) is 28.8 Å². The number of anilines is 1. The number of unbranched alkanes of at least 4 members (excludes halogenated alkanes) is 3. The summed E-state index contributed by atoms with van der Waals surface area (Å²) in [6.07, 6.45) is 7.45. The quantitative estimate of drug-likeness (QED) is 0.138. The number of hydrogen-bond acceptors (Lipinski definition) is 10. The third-order valence-electron chi connectivity index (χ3n) is 9.31. The predicted octanol–water partition coefficient (Wildman–Crippen LogP) is 2.93. The number of carbonyl (C=O) groups excluding carboxylic acids is 5. The minimum absolute atomic E-state index is 0.0417. The van der Waals surface area contributed by atoms with Gasteiger partial charge in [-0.25, -0.2) is 9.80 Å². The standard InChI is InChI=1S/C36H46N8O7S/c1-23-17-32(47)44(41-33(23)24-8-10-27(11-9-24)40-36(51)42-20-25-12-14-38-19-26(25)21-42)16-6-4-13-39-30(45)7-3-2-5-15-43-31(46)18-29(34(43)48)52-22-28(37)35(49)50/h8-12,14,19,23,28-29H,2-7,13,15-18,20-22,37H2,1H3,(H,39,45)(H,40,51)(H,49,50)/t23?,28-,29?/m0/s1. The zero-order chi connectivity index (χ0) is 37.2. The number of nitrogens with two attached hydrogens (primary N) is 1. The second-order valence-electron chi connectivity index (χ2n) is 13.3. The molecule has 0 aliphatic carbocycles. The number of nitrogens with zero attached hydrogens (tertiary/aromatic N) is 5. The lowest BCUT2D eigenvalue weighted by Gasteiger charge is -2.28. The number of urea groups is 1. The zero-order valence-corrected chi connectivity index (χ0v) is 30.1. The summed E-state index contributed by atoms with van der Waals surface area (Å²) in [6.45, 7) is 4.22. The highest BCUT2D eigenvalue weighted by molar-refractivity contribution is 8.00. The molecule has 3 atom stereocenters. The number of pyridine rings is 1. The fraction of sp³-hybridized carbons (Fsp3) is 0.500. The molecule has 278 valence electrons. The van der Waals surface area contributed by atoms with Gasteiger partial charge in [0.25, 0.3) is 0 Å². The number of carboxylic acids is 1. The molecule has 0 radical (unpaired) electrons. The number of thioether (sulfide) groups is 1. The van der Waals surface area contributed by atoms with E-state index in [-0.39, 0.29) is 54.3 Å². The third kappa shape index (κ3) is 10.2. The molecule has 0 spiro atoms. The van der Waals surface area contributed by atoms with Crippen molar-refractivity contribution >= 4 is 58.8 Å². The van der Waals surface area contributed by atoms with Gasteiger partial charge in [-0.05, 0) is 60.6 Å². The molecule has 4 heterocycles. The van der Waals surface area contributed by atoms with Crippen molar-refractivity contribution in [1.29, 1.82) is 0 Å². The molecule has 16 heteroatoms. The molecular formula is C36H46N8O7S. The Hall–Kier alpha value is -4.83. The average molecular weight is 735 g/mol. The van der Waals surface area contributed by atoms with Crippen molar-refractivity contribution in [2.75, 3.05) is 30.7 Å². The maximum atomic E-state index is 12.8. The van der Waals surface area contributed by atoms with Gasteiger partial charge in [0.05, 0.1) is 11.0 Å². The van der Waals surface area contributed by atoms with Crippen LogP contribution in [0, 0.1) is 5.92 Å². The van der Waals surface area contributed by atoms with Crippen LogP contribution in [0.3, 0.4) is 0 Å². The van der Waals surface area contributed by atoms with E-state index < -0.39 is 17.3 Å². The normalized spacial score (nSPS) is 19.1. The number of benzene rings is 1. The molecule has 2 aromatic rings. The highest BCUT2D eigenvalue weighted by Gasteiger charge is 2.38. The van der Waals surface area contributed by atoms with Gasteiger partial charge in [-0.3, -0.25) is 33.9 Å². The van der Waals surface area contributed by atoms with Gasteiger partial charge in [-0.2, -0.15) is 5.10 Å². The van der Waals surface area contributed by atoms with Crippen LogP contribution >= 0.6 is 11.8 Å². The Bertz CT molecular complexity index is 1660. The van der Waals surface area contributed by atoms with Crippen LogP contribution in [0.1, 0.15) is 75.0 Å². The molecule has 2 unspecified atom stereocenters. The predicted molar refractivity (Wildman–Crippen MR) is 195 cm³/mol. The SMILES string of the molecule is CC1CC(=O)N(CCCCNC(=O)CCCCCN2C(=O)CC(SC[C@H](N)C(=O)O)C2=O)N=C1c1ccc(NC(=O)N2Cc3ccncc3C2)cc1. The van der Waals surface area contributed by atoms with E-state index in [2.05, 4.69) is 20.7 Å². The van der Waals surface area contributed by atoms with E-state index in [1.54, 1.807) is 17.3 Å². The fourth-order valence-electron chi connectivity index (χ4n) is 6.30. The van der Waals surface area contributed by atoms with E-state index in [0.29, 0.717) is 76.8 Å². The van der Waals surface area contributed by atoms with Gasteiger partial charge in [0, 0.05) is 81.7 Å². The molecule has 0 saturated carbocycles. The Balaban J connectivity index is 0.963. The summed E-state index contributed by atoms with van der Waals surface area (Å²) in [5, 5.41) is 20.4. The second-order valence-corrected chi connectivity index (χ2v) is 14.6. The molecule has 15 nitrogen and oxygen atoms in total. The Morgan fingerprint density at radius 3 is 2.46 bits per heavy atom. The lowest BCUT2D eigenvalue weighted by atomic mass is 9.93. The number of hydrogen-bond donors (Lipinski definition) is 4. The van der Waals surface area contributed by atoms with Gasteiger partial charge in [0.2, 0.25) is 23.6 Å². The van der Waals surface area contributed by atoms with Gasteiger partial charge in [-0.1, -0.05) is 25.5 Å². The molecule has 3 aliphatic heterocycles. The van der Waals surface area contributed by atoms with Crippen molar-refractivity contribution in [3.05, 3.63) is 59.4 Å². The van der Waals surface area contributed by atoms with Gasteiger partial charge < -0.3 is 26.4 Å². The molecule has 0 bridgehead atoms. The van der Waals surface area contributed by atoms with E-state index in [1.807, 2.05) is 37.3 Å². The van der Waals surface area contributed by atoms with Gasteiger partial charge >= 0.3 is 12.0 Å². The lowest BCUT2D eigenvalue weighted by Crippen LogP contribution is -2.37. The average Bonchev–Trinajstić information content (AvgIpc) is 3.68. The number of imide groups is 1. The maximum Gasteiger partial charge on any atom is 0.322 e. The van der Waals surface area contributed by atoms with Crippen LogP contribution in [-0.4, -0.2) is 103 Å². The van der Waals surface area contributed by atoms with Crippen molar-refractivity contribution in [3.8, 4) is 0 Å². The number of fused-ring (bicyclic) bond motifs is 1.